The van der Waals surface area contributed by atoms with Gasteiger partial charge in [0, 0.05) is 18.3 Å². The van der Waals surface area contributed by atoms with Crippen molar-refractivity contribution in [3.05, 3.63) is 34.9 Å². The average molecular weight is 324 g/mol. The number of aromatic nitrogens is 2. The van der Waals surface area contributed by atoms with Gasteiger partial charge in [-0.2, -0.15) is 5.10 Å². The molecule has 0 aliphatic heterocycles. The van der Waals surface area contributed by atoms with Crippen LogP contribution < -0.4 is 5.32 Å². The zero-order valence-corrected chi connectivity index (χ0v) is 12.3. The molecular weight excluding hydrogens is 310 g/mol. The quantitative estimate of drug-likeness (QED) is 0.941. The molecule has 1 aromatic heterocycles. The van der Waals surface area contributed by atoms with E-state index in [1.54, 1.807) is 17.8 Å². The molecule has 0 saturated carbocycles. The highest BCUT2D eigenvalue weighted by Gasteiger charge is 2.10. The van der Waals surface area contributed by atoms with Crippen molar-refractivity contribution in [2.45, 2.75) is 6.92 Å². The summed E-state index contributed by atoms with van der Waals surface area (Å²) >= 11 is 3.46. The van der Waals surface area contributed by atoms with Crippen LogP contribution in [0.25, 0.3) is 11.3 Å². The van der Waals surface area contributed by atoms with Gasteiger partial charge in [-0.25, -0.2) is 4.79 Å². The topological polar surface area (TPSA) is 56.1 Å². The van der Waals surface area contributed by atoms with Crippen molar-refractivity contribution in [3.63, 3.8) is 0 Å². The number of rotatable bonds is 3. The lowest BCUT2D eigenvalue weighted by Crippen LogP contribution is -2.13. The van der Waals surface area contributed by atoms with Crippen molar-refractivity contribution < 1.29 is 9.53 Å². The fourth-order valence-electron chi connectivity index (χ4n) is 1.76. The third kappa shape index (κ3) is 3.14. The highest BCUT2D eigenvalue weighted by atomic mass is 79.9. The van der Waals surface area contributed by atoms with Crippen LogP contribution in [0.1, 0.15) is 6.92 Å². The Bertz CT molecular complexity index is 576. The second-order valence-electron chi connectivity index (χ2n) is 3.89. The van der Waals surface area contributed by atoms with E-state index in [0.717, 1.165) is 15.7 Å². The fraction of sp³-hybridized carbons (Fsp3) is 0.231. The highest BCUT2D eigenvalue weighted by Crippen LogP contribution is 2.29. The number of carbonyl (C=O) groups is 1. The predicted octanol–water partition coefficient (Wildman–Crippen LogP) is 3.42. The van der Waals surface area contributed by atoms with Crippen LogP contribution in [-0.4, -0.2) is 22.5 Å². The van der Waals surface area contributed by atoms with Crippen molar-refractivity contribution in [2.24, 2.45) is 7.05 Å². The molecule has 0 bridgehead atoms. The first-order chi connectivity index (χ1) is 9.11. The predicted molar refractivity (Wildman–Crippen MR) is 77.0 cm³/mol. The fourth-order valence-corrected chi connectivity index (χ4v) is 2.34. The summed E-state index contributed by atoms with van der Waals surface area (Å²) in [5.74, 6) is 0. The summed E-state index contributed by atoms with van der Waals surface area (Å²) in [6.07, 6.45) is 1.28. The monoisotopic (exact) mass is 323 g/mol. The Balaban J connectivity index is 2.27. The molecule has 0 atom stereocenters. The molecule has 0 unspecified atom stereocenters. The highest BCUT2D eigenvalue weighted by molar-refractivity contribution is 9.10. The molecule has 5 nitrogen and oxygen atoms in total. The van der Waals surface area contributed by atoms with Gasteiger partial charge in [0.15, 0.2) is 0 Å². The number of nitrogens with zero attached hydrogens (tertiary/aromatic N) is 2. The standard InChI is InChI=1S/C13H14BrN3O2/c1-3-19-13(18)16-10-6-4-5-9(7-10)12-11(14)8-15-17(12)2/h4-8H,3H2,1-2H3,(H,16,18). The first kappa shape index (κ1) is 13.6. The molecule has 0 radical (unpaired) electrons. The smallest absolute Gasteiger partial charge is 0.411 e. The molecule has 2 rings (SSSR count). The Labute approximate surface area is 119 Å². The van der Waals surface area contributed by atoms with E-state index in [-0.39, 0.29) is 0 Å². The zero-order chi connectivity index (χ0) is 13.8. The number of carbonyl (C=O) groups excluding carboxylic acids is 1. The Morgan fingerprint density at radius 2 is 2.32 bits per heavy atom. The molecule has 0 saturated heterocycles. The van der Waals surface area contributed by atoms with Crippen molar-refractivity contribution in [2.75, 3.05) is 11.9 Å². The Hall–Kier alpha value is -1.82. The Kier molecular flexibility index (Phi) is 4.21. The van der Waals surface area contributed by atoms with Gasteiger partial charge in [0.2, 0.25) is 0 Å². The zero-order valence-electron chi connectivity index (χ0n) is 10.7. The number of nitrogens with one attached hydrogen (secondary N) is 1. The molecule has 0 aliphatic rings. The van der Waals surface area contributed by atoms with Gasteiger partial charge in [0.05, 0.1) is 23.0 Å². The summed E-state index contributed by atoms with van der Waals surface area (Å²) in [6, 6.07) is 7.51. The molecule has 0 aliphatic carbocycles. The van der Waals surface area contributed by atoms with Crippen molar-refractivity contribution in [1.82, 2.24) is 9.78 Å². The van der Waals surface area contributed by atoms with Crippen LogP contribution in [0.3, 0.4) is 0 Å². The number of hydrogen-bond acceptors (Lipinski definition) is 3. The number of ether oxygens (including phenoxy) is 1. The number of benzene rings is 1. The van der Waals surface area contributed by atoms with Gasteiger partial charge in [0.1, 0.15) is 0 Å². The van der Waals surface area contributed by atoms with Crippen LogP contribution in [0.2, 0.25) is 0 Å². The maximum Gasteiger partial charge on any atom is 0.411 e. The van der Waals surface area contributed by atoms with Crippen molar-refractivity contribution in [3.8, 4) is 11.3 Å². The van der Waals surface area contributed by atoms with Crippen LogP contribution in [0, 0.1) is 0 Å². The Morgan fingerprint density at radius 1 is 1.53 bits per heavy atom. The largest absolute Gasteiger partial charge is 0.450 e. The minimum absolute atomic E-state index is 0.346. The first-order valence-electron chi connectivity index (χ1n) is 5.83. The van der Waals surface area contributed by atoms with Crippen LogP contribution in [0.15, 0.2) is 34.9 Å². The maximum atomic E-state index is 11.4. The van der Waals surface area contributed by atoms with E-state index in [1.165, 1.54) is 0 Å². The van der Waals surface area contributed by atoms with Crippen molar-refractivity contribution >= 4 is 27.7 Å². The third-order valence-electron chi connectivity index (χ3n) is 2.55. The number of anilines is 1. The molecule has 0 fully saturated rings. The second-order valence-corrected chi connectivity index (χ2v) is 4.75. The van der Waals surface area contributed by atoms with Gasteiger partial charge >= 0.3 is 6.09 Å². The lowest BCUT2D eigenvalue weighted by Gasteiger charge is -2.08. The summed E-state index contributed by atoms with van der Waals surface area (Å²) in [5, 5.41) is 6.85. The van der Waals surface area contributed by atoms with Crippen LogP contribution in [-0.2, 0) is 11.8 Å². The van der Waals surface area contributed by atoms with Gasteiger partial charge in [-0.1, -0.05) is 12.1 Å². The summed E-state index contributed by atoms with van der Waals surface area (Å²) < 4.78 is 7.52. The number of amides is 1. The lowest BCUT2D eigenvalue weighted by molar-refractivity contribution is 0.168. The molecule has 100 valence electrons. The van der Waals surface area contributed by atoms with E-state index in [4.69, 9.17) is 4.74 Å². The second kappa shape index (κ2) is 5.88. The van der Waals surface area contributed by atoms with E-state index in [2.05, 4.69) is 26.3 Å². The van der Waals surface area contributed by atoms with E-state index < -0.39 is 6.09 Å². The van der Waals surface area contributed by atoms with Gasteiger partial charge in [-0.15, -0.1) is 0 Å². The molecule has 6 heteroatoms. The molecule has 1 heterocycles. The third-order valence-corrected chi connectivity index (χ3v) is 3.13. The van der Waals surface area contributed by atoms with Gasteiger partial charge in [-0.3, -0.25) is 10.00 Å². The molecule has 1 amide bonds. The molecule has 1 aromatic carbocycles. The summed E-state index contributed by atoms with van der Waals surface area (Å²) in [7, 11) is 1.87. The van der Waals surface area contributed by atoms with Crippen LogP contribution in [0.4, 0.5) is 10.5 Å². The van der Waals surface area contributed by atoms with E-state index in [9.17, 15) is 4.79 Å². The van der Waals surface area contributed by atoms with E-state index in [0.29, 0.717) is 12.3 Å². The average Bonchev–Trinajstić information content (AvgIpc) is 2.69. The number of halogens is 1. The lowest BCUT2D eigenvalue weighted by atomic mass is 10.1. The van der Waals surface area contributed by atoms with Gasteiger partial charge in [0.25, 0.3) is 0 Å². The minimum Gasteiger partial charge on any atom is -0.450 e. The normalized spacial score (nSPS) is 10.3. The SMILES string of the molecule is CCOC(=O)Nc1cccc(-c2c(Br)cnn2C)c1. The van der Waals surface area contributed by atoms with Gasteiger partial charge < -0.3 is 4.74 Å². The van der Waals surface area contributed by atoms with Crippen LogP contribution in [0.5, 0.6) is 0 Å². The summed E-state index contributed by atoms with van der Waals surface area (Å²) in [6.45, 7) is 2.11. The minimum atomic E-state index is -0.455. The van der Waals surface area contributed by atoms with Crippen molar-refractivity contribution in [1.29, 1.82) is 0 Å². The molecular formula is C13H14BrN3O2. The van der Waals surface area contributed by atoms with E-state index in [1.807, 2.05) is 31.3 Å². The number of hydrogen-bond donors (Lipinski definition) is 1. The summed E-state index contributed by atoms with van der Waals surface area (Å²) in [5.41, 5.74) is 2.60. The maximum absolute atomic E-state index is 11.4. The Morgan fingerprint density at radius 3 is 2.95 bits per heavy atom. The van der Waals surface area contributed by atoms with Crippen LogP contribution >= 0.6 is 15.9 Å². The molecule has 1 N–H and O–H groups in total. The van der Waals surface area contributed by atoms with E-state index >= 15 is 0 Å². The molecule has 19 heavy (non-hydrogen) atoms. The molecule has 2 aromatic rings. The molecule has 0 spiro atoms. The summed E-state index contributed by atoms with van der Waals surface area (Å²) in [4.78, 5) is 11.4. The first-order valence-corrected chi connectivity index (χ1v) is 6.63. The van der Waals surface area contributed by atoms with Gasteiger partial charge in [-0.05, 0) is 35.0 Å². The number of aryl methyl sites for hydroxylation is 1.